The maximum Gasteiger partial charge on any atom is 0.229 e. The number of phenolic OH excluding ortho intramolecular Hbond substituents is 1. The molecule has 1 aromatic rings. The fourth-order valence-electron chi connectivity index (χ4n) is 2.22. The monoisotopic (exact) mass is 328 g/mol. The third-order valence-electron chi connectivity index (χ3n) is 3.49. The zero-order valence-corrected chi connectivity index (χ0v) is 12.2. The van der Waals surface area contributed by atoms with Crippen molar-refractivity contribution in [1.29, 1.82) is 0 Å². The molecule has 1 aliphatic heterocycles. The van der Waals surface area contributed by atoms with Gasteiger partial charge in [-0.1, -0.05) is 18.2 Å². The van der Waals surface area contributed by atoms with Crippen LogP contribution in [0.2, 0.25) is 0 Å². The highest BCUT2D eigenvalue weighted by molar-refractivity contribution is 5.55. The second-order valence-corrected chi connectivity index (χ2v) is 5.13. The number of aromatic hydroxyl groups is 1. The van der Waals surface area contributed by atoms with Crippen molar-refractivity contribution in [3.63, 3.8) is 0 Å². The Morgan fingerprint density at radius 2 is 1.83 bits per heavy atom. The molecule has 8 nitrogen and oxygen atoms in total. The Hall–Kier alpha value is -1.68. The van der Waals surface area contributed by atoms with E-state index in [0.717, 1.165) is 0 Å². The van der Waals surface area contributed by atoms with Crippen LogP contribution in [0.4, 0.5) is 0 Å². The molecule has 1 fully saturated rings. The topological polar surface area (TPSA) is 140 Å². The van der Waals surface area contributed by atoms with E-state index in [4.69, 9.17) is 19.7 Å². The van der Waals surface area contributed by atoms with E-state index in [1.807, 2.05) is 0 Å². The Kier molecular flexibility index (Phi) is 5.94. The van der Waals surface area contributed by atoms with Gasteiger partial charge < -0.3 is 40.1 Å². The standard InChI is InChI=1S/C15H20O8/c16-5-1-2-8-3-4-10(9(18)6-8)22-15-14(21)13(20)12(19)11(7-17)23-15/h1-4,6,11-21H,5,7H2/b2-1+/t11-,12-,13+,14-,15-/m1/s1. The molecule has 0 radical (unpaired) electrons. The maximum atomic E-state index is 9.93. The van der Waals surface area contributed by atoms with Crippen molar-refractivity contribution in [2.75, 3.05) is 13.2 Å². The number of benzene rings is 1. The highest BCUT2D eigenvalue weighted by Gasteiger charge is 2.44. The van der Waals surface area contributed by atoms with Gasteiger partial charge in [0.25, 0.3) is 0 Å². The molecule has 6 N–H and O–H groups in total. The molecule has 0 spiro atoms. The first-order valence-electron chi connectivity index (χ1n) is 7.05. The number of aliphatic hydroxyl groups excluding tert-OH is 5. The van der Waals surface area contributed by atoms with Gasteiger partial charge in [-0.05, 0) is 17.7 Å². The van der Waals surface area contributed by atoms with E-state index in [2.05, 4.69) is 0 Å². The summed E-state index contributed by atoms with van der Waals surface area (Å²) in [7, 11) is 0. The van der Waals surface area contributed by atoms with Crippen molar-refractivity contribution in [3.05, 3.63) is 29.8 Å². The van der Waals surface area contributed by atoms with Crippen LogP contribution < -0.4 is 4.74 Å². The van der Waals surface area contributed by atoms with Crippen molar-refractivity contribution in [2.45, 2.75) is 30.7 Å². The largest absolute Gasteiger partial charge is 0.504 e. The van der Waals surface area contributed by atoms with Crippen LogP contribution >= 0.6 is 0 Å². The van der Waals surface area contributed by atoms with Crippen LogP contribution in [0.15, 0.2) is 24.3 Å². The third-order valence-corrected chi connectivity index (χ3v) is 3.49. The molecule has 1 aromatic carbocycles. The lowest BCUT2D eigenvalue weighted by Gasteiger charge is -2.39. The molecule has 5 atom stereocenters. The minimum absolute atomic E-state index is 0.00419. The van der Waals surface area contributed by atoms with E-state index < -0.39 is 37.3 Å². The van der Waals surface area contributed by atoms with Gasteiger partial charge in [0.2, 0.25) is 6.29 Å². The van der Waals surface area contributed by atoms with Crippen LogP contribution in [-0.2, 0) is 4.74 Å². The Morgan fingerprint density at radius 1 is 1.09 bits per heavy atom. The minimum Gasteiger partial charge on any atom is -0.504 e. The van der Waals surface area contributed by atoms with Gasteiger partial charge in [0.15, 0.2) is 11.5 Å². The van der Waals surface area contributed by atoms with Crippen LogP contribution in [0.25, 0.3) is 6.08 Å². The van der Waals surface area contributed by atoms with Crippen LogP contribution in [0.5, 0.6) is 11.5 Å². The lowest BCUT2D eigenvalue weighted by molar-refractivity contribution is -0.277. The van der Waals surface area contributed by atoms with Gasteiger partial charge in [0, 0.05) is 0 Å². The molecule has 8 heteroatoms. The van der Waals surface area contributed by atoms with Gasteiger partial charge in [0.05, 0.1) is 13.2 Å². The number of phenols is 1. The van der Waals surface area contributed by atoms with Gasteiger partial charge in [-0.2, -0.15) is 0 Å². The van der Waals surface area contributed by atoms with Crippen LogP contribution in [-0.4, -0.2) is 74.6 Å². The summed E-state index contributed by atoms with van der Waals surface area (Å²) in [4.78, 5) is 0. The highest BCUT2D eigenvalue weighted by atomic mass is 16.7. The Balaban J connectivity index is 2.13. The first kappa shape index (κ1) is 17.7. The molecule has 0 aliphatic carbocycles. The number of hydrogen-bond donors (Lipinski definition) is 6. The number of ether oxygens (including phenoxy) is 2. The average Bonchev–Trinajstić information content (AvgIpc) is 2.55. The van der Waals surface area contributed by atoms with Crippen molar-refractivity contribution >= 4 is 6.08 Å². The van der Waals surface area contributed by atoms with Crippen molar-refractivity contribution in [1.82, 2.24) is 0 Å². The molecule has 0 aromatic heterocycles. The lowest BCUT2D eigenvalue weighted by Crippen LogP contribution is -2.60. The average molecular weight is 328 g/mol. The molecule has 1 heterocycles. The van der Waals surface area contributed by atoms with E-state index in [9.17, 15) is 20.4 Å². The zero-order chi connectivity index (χ0) is 17.0. The van der Waals surface area contributed by atoms with E-state index in [0.29, 0.717) is 5.56 Å². The third kappa shape index (κ3) is 3.99. The summed E-state index contributed by atoms with van der Waals surface area (Å²) < 4.78 is 10.5. The predicted octanol–water partition coefficient (Wildman–Crippen LogP) is -1.42. The first-order valence-corrected chi connectivity index (χ1v) is 7.05. The quantitative estimate of drug-likeness (QED) is 0.387. The van der Waals surface area contributed by atoms with E-state index in [-0.39, 0.29) is 18.1 Å². The molecular weight excluding hydrogens is 308 g/mol. The van der Waals surface area contributed by atoms with Crippen molar-refractivity contribution < 1.29 is 40.1 Å². The Morgan fingerprint density at radius 3 is 2.43 bits per heavy atom. The Labute approximate surface area is 132 Å². The van der Waals surface area contributed by atoms with Crippen LogP contribution in [0, 0.1) is 0 Å². The van der Waals surface area contributed by atoms with Gasteiger partial charge in [-0.3, -0.25) is 0 Å². The second kappa shape index (κ2) is 7.73. The van der Waals surface area contributed by atoms with Crippen molar-refractivity contribution in [2.24, 2.45) is 0 Å². The molecule has 0 unspecified atom stereocenters. The molecule has 1 saturated heterocycles. The van der Waals surface area contributed by atoms with Crippen molar-refractivity contribution in [3.8, 4) is 11.5 Å². The summed E-state index contributed by atoms with van der Waals surface area (Å²) in [6, 6.07) is 4.41. The van der Waals surface area contributed by atoms with Crippen LogP contribution in [0.3, 0.4) is 0 Å². The summed E-state index contributed by atoms with van der Waals surface area (Å²) in [6.45, 7) is -0.703. The summed E-state index contributed by atoms with van der Waals surface area (Å²) in [5.74, 6) is -0.238. The predicted molar refractivity (Wildman–Crippen MR) is 78.6 cm³/mol. The van der Waals surface area contributed by atoms with Gasteiger partial charge in [-0.15, -0.1) is 0 Å². The smallest absolute Gasteiger partial charge is 0.229 e. The summed E-state index contributed by atoms with van der Waals surface area (Å²) in [5, 5.41) is 57.0. The molecule has 1 aliphatic rings. The van der Waals surface area contributed by atoms with Gasteiger partial charge in [0.1, 0.15) is 24.4 Å². The number of rotatable bonds is 5. The molecular formula is C15H20O8. The summed E-state index contributed by atoms with van der Waals surface area (Å²) >= 11 is 0. The molecule has 2 rings (SSSR count). The van der Waals surface area contributed by atoms with E-state index in [1.165, 1.54) is 18.2 Å². The normalized spacial score (nSPS) is 31.4. The highest BCUT2D eigenvalue weighted by Crippen LogP contribution is 2.31. The Bertz CT molecular complexity index is 544. The zero-order valence-electron chi connectivity index (χ0n) is 12.2. The van der Waals surface area contributed by atoms with E-state index >= 15 is 0 Å². The fraction of sp³-hybridized carbons (Fsp3) is 0.467. The van der Waals surface area contributed by atoms with E-state index in [1.54, 1.807) is 12.1 Å². The SMILES string of the molecule is OC/C=C/c1ccc(O[C@@H]2O[C@H](CO)[C@@H](O)[C@H](O)[C@H]2O)c(O)c1. The van der Waals surface area contributed by atoms with Gasteiger partial charge in [-0.25, -0.2) is 0 Å². The fourth-order valence-corrected chi connectivity index (χ4v) is 2.22. The lowest BCUT2D eigenvalue weighted by atomic mass is 9.99. The molecule has 0 saturated carbocycles. The summed E-state index contributed by atoms with van der Waals surface area (Å²) in [5.41, 5.74) is 0.623. The molecule has 128 valence electrons. The molecule has 23 heavy (non-hydrogen) atoms. The maximum absolute atomic E-state index is 9.93. The summed E-state index contributed by atoms with van der Waals surface area (Å²) in [6.07, 6.45) is -3.96. The number of aliphatic hydroxyl groups is 5. The molecule has 0 amide bonds. The first-order chi connectivity index (χ1) is 11.0. The minimum atomic E-state index is -1.56. The molecule has 0 bridgehead atoms. The van der Waals surface area contributed by atoms with Gasteiger partial charge >= 0.3 is 0 Å². The van der Waals surface area contributed by atoms with Crippen LogP contribution in [0.1, 0.15) is 5.56 Å². The number of hydrogen-bond acceptors (Lipinski definition) is 8. The second-order valence-electron chi connectivity index (χ2n) is 5.13.